The molecule has 2 aliphatic rings. The number of thiocarbonyl (C=S) groups is 1. The fourth-order valence-electron chi connectivity index (χ4n) is 4.88. The van der Waals surface area contributed by atoms with E-state index in [2.05, 4.69) is 85.2 Å². The van der Waals surface area contributed by atoms with Crippen LogP contribution < -0.4 is 10.2 Å². The molecule has 2 fully saturated rings. The van der Waals surface area contributed by atoms with E-state index in [0.29, 0.717) is 6.04 Å². The first-order valence-corrected chi connectivity index (χ1v) is 11.8. The van der Waals surface area contributed by atoms with Gasteiger partial charge in [0.1, 0.15) is 6.04 Å². The molecule has 3 heterocycles. The van der Waals surface area contributed by atoms with Gasteiger partial charge in [-0.2, -0.15) is 0 Å². The summed E-state index contributed by atoms with van der Waals surface area (Å²) in [6.45, 7) is 2.12. The SMILES string of the molecule is Cc1cc(N2C(=S)N[C@@H](c3ccccn3)[C@@H]2c2cccn2C2CCCC2)ccc1Br. The molecule has 0 spiro atoms. The molecule has 1 saturated carbocycles. The summed E-state index contributed by atoms with van der Waals surface area (Å²) in [7, 11) is 0. The molecular formula is C24H25BrN4S. The Labute approximate surface area is 191 Å². The highest BCUT2D eigenvalue weighted by molar-refractivity contribution is 9.10. The Hall–Kier alpha value is -2.18. The monoisotopic (exact) mass is 480 g/mol. The van der Waals surface area contributed by atoms with Gasteiger partial charge in [0, 0.05) is 34.3 Å². The first kappa shape index (κ1) is 19.8. The lowest BCUT2D eigenvalue weighted by Crippen LogP contribution is -2.30. The smallest absolute Gasteiger partial charge is 0.174 e. The Morgan fingerprint density at radius 2 is 1.93 bits per heavy atom. The van der Waals surface area contributed by atoms with Gasteiger partial charge in [0.15, 0.2) is 5.11 Å². The molecule has 1 aliphatic carbocycles. The average Bonchev–Trinajstić information content (AvgIpc) is 3.49. The molecule has 1 aliphatic heterocycles. The first-order chi connectivity index (χ1) is 14.6. The van der Waals surface area contributed by atoms with Crippen molar-refractivity contribution in [2.75, 3.05) is 4.90 Å². The van der Waals surface area contributed by atoms with Gasteiger partial charge in [-0.1, -0.05) is 34.8 Å². The van der Waals surface area contributed by atoms with E-state index in [1.165, 1.54) is 36.9 Å². The molecule has 0 unspecified atom stereocenters. The third-order valence-corrected chi connectivity index (χ3v) is 7.56. The van der Waals surface area contributed by atoms with Crippen molar-refractivity contribution < 1.29 is 0 Å². The molecular weight excluding hydrogens is 456 g/mol. The molecule has 0 radical (unpaired) electrons. The maximum absolute atomic E-state index is 5.87. The van der Waals surface area contributed by atoms with E-state index in [9.17, 15) is 0 Å². The molecule has 1 aromatic carbocycles. The van der Waals surface area contributed by atoms with Crippen LogP contribution in [0, 0.1) is 6.92 Å². The molecule has 1 N–H and O–H groups in total. The van der Waals surface area contributed by atoms with Crippen molar-refractivity contribution in [2.45, 2.75) is 50.7 Å². The lowest BCUT2D eigenvalue weighted by atomic mass is 10.00. The molecule has 0 bridgehead atoms. The van der Waals surface area contributed by atoms with Crippen LogP contribution in [-0.4, -0.2) is 14.7 Å². The highest BCUT2D eigenvalue weighted by atomic mass is 79.9. The first-order valence-electron chi connectivity index (χ1n) is 10.6. The number of hydrogen-bond donors (Lipinski definition) is 1. The van der Waals surface area contributed by atoms with E-state index >= 15 is 0 Å². The third-order valence-electron chi connectivity index (χ3n) is 6.35. The molecule has 2 aromatic heterocycles. The lowest BCUT2D eigenvalue weighted by molar-refractivity contribution is 0.461. The number of nitrogens with zero attached hydrogens (tertiary/aromatic N) is 3. The van der Waals surface area contributed by atoms with Crippen molar-refractivity contribution in [3.63, 3.8) is 0 Å². The summed E-state index contributed by atoms with van der Waals surface area (Å²) in [4.78, 5) is 6.95. The maximum Gasteiger partial charge on any atom is 0.174 e. The van der Waals surface area contributed by atoms with E-state index in [0.717, 1.165) is 21.0 Å². The maximum atomic E-state index is 5.87. The van der Waals surface area contributed by atoms with Crippen molar-refractivity contribution in [2.24, 2.45) is 0 Å². The molecule has 4 nitrogen and oxygen atoms in total. The topological polar surface area (TPSA) is 33.1 Å². The summed E-state index contributed by atoms with van der Waals surface area (Å²) < 4.78 is 3.60. The van der Waals surface area contributed by atoms with Crippen LogP contribution in [0.15, 0.2) is 65.4 Å². The number of aromatic nitrogens is 2. The van der Waals surface area contributed by atoms with Gasteiger partial charge in [0.05, 0.1) is 11.7 Å². The minimum atomic E-state index is -0.00212. The van der Waals surface area contributed by atoms with Gasteiger partial charge in [-0.15, -0.1) is 0 Å². The van der Waals surface area contributed by atoms with Crippen LogP contribution in [0.2, 0.25) is 0 Å². The summed E-state index contributed by atoms with van der Waals surface area (Å²) in [5, 5.41) is 4.33. The fraction of sp³-hybridized carbons (Fsp3) is 0.333. The van der Waals surface area contributed by atoms with Gasteiger partial charge in [0.2, 0.25) is 0 Å². The molecule has 2 atom stereocenters. The number of benzene rings is 1. The Balaban J connectivity index is 1.63. The van der Waals surface area contributed by atoms with Crippen LogP contribution in [0.3, 0.4) is 0 Å². The predicted octanol–water partition coefficient (Wildman–Crippen LogP) is 6.25. The molecule has 154 valence electrons. The molecule has 3 aromatic rings. The zero-order valence-electron chi connectivity index (χ0n) is 17.0. The minimum Gasteiger partial charge on any atom is -0.351 e. The number of halogens is 1. The molecule has 1 saturated heterocycles. The van der Waals surface area contributed by atoms with E-state index < -0.39 is 0 Å². The van der Waals surface area contributed by atoms with Gasteiger partial charge >= 0.3 is 0 Å². The van der Waals surface area contributed by atoms with Crippen LogP contribution in [0.5, 0.6) is 0 Å². The van der Waals surface area contributed by atoms with E-state index in [1.807, 2.05) is 18.3 Å². The van der Waals surface area contributed by atoms with Gasteiger partial charge in [-0.05, 0) is 80.0 Å². The van der Waals surface area contributed by atoms with E-state index in [-0.39, 0.29) is 12.1 Å². The summed E-state index contributed by atoms with van der Waals surface area (Å²) in [5.41, 5.74) is 4.61. The molecule has 6 heteroatoms. The van der Waals surface area contributed by atoms with Crippen LogP contribution in [-0.2, 0) is 0 Å². The molecule has 0 amide bonds. The summed E-state index contributed by atoms with van der Waals surface area (Å²) in [6, 6.07) is 17.6. The number of rotatable bonds is 4. The Morgan fingerprint density at radius 3 is 2.67 bits per heavy atom. The number of aryl methyl sites for hydroxylation is 1. The van der Waals surface area contributed by atoms with Crippen molar-refractivity contribution >= 4 is 38.9 Å². The van der Waals surface area contributed by atoms with Crippen molar-refractivity contribution in [3.8, 4) is 0 Å². The second-order valence-corrected chi connectivity index (χ2v) is 9.45. The Kier molecular flexibility index (Phi) is 5.37. The van der Waals surface area contributed by atoms with Crippen LogP contribution in [0.1, 0.15) is 60.8 Å². The summed E-state index contributed by atoms with van der Waals surface area (Å²) in [6.07, 6.45) is 9.22. The standard InChI is InChI=1S/C24H25BrN4S/c1-16-15-18(11-12-19(16)25)29-23(21-10-6-14-28(21)17-7-2-3-8-17)22(27-24(29)30)20-9-4-5-13-26-20/h4-6,9-15,17,22-23H,2-3,7-8H2,1H3,(H,27,30)/t22-,23-/m0/s1. The largest absolute Gasteiger partial charge is 0.351 e. The zero-order valence-corrected chi connectivity index (χ0v) is 19.4. The normalized spacial score (nSPS) is 21.9. The van der Waals surface area contributed by atoms with E-state index in [1.54, 1.807) is 0 Å². The van der Waals surface area contributed by atoms with Crippen molar-refractivity contribution in [3.05, 3.63) is 82.3 Å². The number of nitrogens with one attached hydrogen (secondary N) is 1. The van der Waals surface area contributed by atoms with E-state index in [4.69, 9.17) is 12.2 Å². The van der Waals surface area contributed by atoms with Crippen LogP contribution in [0.25, 0.3) is 0 Å². The van der Waals surface area contributed by atoms with Gasteiger partial charge in [0.25, 0.3) is 0 Å². The van der Waals surface area contributed by atoms with Crippen LogP contribution >= 0.6 is 28.1 Å². The van der Waals surface area contributed by atoms with Gasteiger partial charge in [-0.3, -0.25) is 4.98 Å². The van der Waals surface area contributed by atoms with Gasteiger partial charge in [-0.25, -0.2) is 0 Å². The summed E-state index contributed by atoms with van der Waals surface area (Å²) in [5.74, 6) is 0. The highest BCUT2D eigenvalue weighted by Gasteiger charge is 2.42. The Bertz CT molecular complexity index is 1060. The quantitative estimate of drug-likeness (QED) is 0.447. The van der Waals surface area contributed by atoms with Crippen molar-refractivity contribution in [1.29, 1.82) is 0 Å². The van der Waals surface area contributed by atoms with Gasteiger partial charge < -0.3 is 14.8 Å². The zero-order chi connectivity index (χ0) is 20.7. The number of hydrogen-bond acceptors (Lipinski definition) is 2. The van der Waals surface area contributed by atoms with Crippen LogP contribution in [0.4, 0.5) is 5.69 Å². The molecule has 30 heavy (non-hydrogen) atoms. The fourth-order valence-corrected chi connectivity index (χ4v) is 5.48. The highest BCUT2D eigenvalue weighted by Crippen LogP contribution is 2.44. The predicted molar refractivity (Wildman–Crippen MR) is 129 cm³/mol. The summed E-state index contributed by atoms with van der Waals surface area (Å²) >= 11 is 9.50. The second-order valence-electron chi connectivity index (χ2n) is 8.21. The third kappa shape index (κ3) is 3.46. The molecule has 5 rings (SSSR count). The van der Waals surface area contributed by atoms with Crippen molar-refractivity contribution in [1.82, 2.24) is 14.9 Å². The Morgan fingerprint density at radius 1 is 1.10 bits per heavy atom. The number of anilines is 1. The second kappa shape index (κ2) is 8.16. The number of pyridine rings is 1. The average molecular weight is 481 g/mol. The minimum absolute atomic E-state index is 0.00212. The lowest BCUT2D eigenvalue weighted by Gasteiger charge is -2.30.